The summed E-state index contributed by atoms with van der Waals surface area (Å²) >= 11 is 0. The molecule has 0 spiro atoms. The van der Waals surface area contributed by atoms with E-state index in [9.17, 15) is 22.8 Å². The highest BCUT2D eigenvalue weighted by molar-refractivity contribution is 6.46. The quantitative estimate of drug-likeness (QED) is 0.494. The van der Waals surface area contributed by atoms with Crippen LogP contribution in [0, 0.1) is 20.8 Å². The van der Waals surface area contributed by atoms with Crippen molar-refractivity contribution in [2.24, 2.45) is 0 Å². The summed E-state index contributed by atoms with van der Waals surface area (Å²) in [4.78, 5) is 28.0. The molecule has 0 aromatic heterocycles. The first-order chi connectivity index (χ1) is 15.6. The number of benzene rings is 3. The first kappa shape index (κ1) is 22.3. The fourth-order valence-electron chi connectivity index (χ4n) is 3.83. The lowest BCUT2D eigenvalue weighted by molar-refractivity contribution is -0.137. The van der Waals surface area contributed by atoms with Crippen molar-refractivity contribution in [2.45, 2.75) is 26.9 Å². The van der Waals surface area contributed by atoms with Crippen LogP contribution >= 0.6 is 0 Å². The molecule has 0 fully saturated rings. The lowest BCUT2D eigenvalue weighted by Gasteiger charge is -2.18. The number of imide groups is 1. The third-order valence-corrected chi connectivity index (χ3v) is 5.48. The van der Waals surface area contributed by atoms with Crippen molar-refractivity contribution >= 4 is 28.8 Å². The summed E-state index contributed by atoms with van der Waals surface area (Å²) in [6.45, 7) is 5.59. The van der Waals surface area contributed by atoms with Crippen molar-refractivity contribution in [1.29, 1.82) is 0 Å². The van der Waals surface area contributed by atoms with Gasteiger partial charge in [0.25, 0.3) is 11.8 Å². The third kappa shape index (κ3) is 4.26. The standard InChI is InChI=1S/C26H21F3N2O2/c1-15-7-10-18(11-8-15)22-23(30-20-6-4-5-19(14-20)26(27,28)29)25(33)31(24(22)32)21-12-9-16(2)13-17(21)3/h4-14,30H,1-3H3. The summed E-state index contributed by atoms with van der Waals surface area (Å²) in [6, 6.07) is 16.9. The molecule has 0 bridgehead atoms. The van der Waals surface area contributed by atoms with Crippen molar-refractivity contribution in [3.63, 3.8) is 0 Å². The topological polar surface area (TPSA) is 49.4 Å². The zero-order valence-corrected chi connectivity index (χ0v) is 18.2. The fourth-order valence-corrected chi connectivity index (χ4v) is 3.83. The van der Waals surface area contributed by atoms with Crippen LogP contribution < -0.4 is 10.2 Å². The van der Waals surface area contributed by atoms with Crippen LogP contribution in [0.5, 0.6) is 0 Å². The summed E-state index contributed by atoms with van der Waals surface area (Å²) in [5, 5.41) is 2.79. The summed E-state index contributed by atoms with van der Waals surface area (Å²) in [5.74, 6) is -1.16. The van der Waals surface area contributed by atoms with Gasteiger partial charge in [-0.1, -0.05) is 53.6 Å². The average molecular weight is 450 g/mol. The summed E-state index contributed by atoms with van der Waals surface area (Å²) < 4.78 is 39.6. The van der Waals surface area contributed by atoms with Gasteiger partial charge in [0.05, 0.1) is 16.8 Å². The molecule has 0 atom stereocenters. The van der Waals surface area contributed by atoms with Crippen LogP contribution in [0.4, 0.5) is 24.5 Å². The second kappa shape index (κ2) is 8.24. The highest BCUT2D eigenvalue weighted by Gasteiger charge is 2.41. The van der Waals surface area contributed by atoms with Gasteiger partial charge in [-0.05, 0) is 56.2 Å². The van der Waals surface area contributed by atoms with E-state index < -0.39 is 23.6 Å². The van der Waals surface area contributed by atoms with E-state index in [1.165, 1.54) is 12.1 Å². The molecule has 2 amide bonds. The molecule has 1 aliphatic rings. The van der Waals surface area contributed by atoms with E-state index in [1.54, 1.807) is 31.2 Å². The smallest absolute Gasteiger partial charge is 0.350 e. The molecule has 4 nitrogen and oxygen atoms in total. The third-order valence-electron chi connectivity index (χ3n) is 5.48. The van der Waals surface area contributed by atoms with Crippen molar-refractivity contribution in [1.82, 2.24) is 0 Å². The molecule has 4 rings (SSSR count). The van der Waals surface area contributed by atoms with Crippen molar-refractivity contribution < 1.29 is 22.8 Å². The predicted octanol–water partition coefficient (Wildman–Crippen LogP) is 6.03. The van der Waals surface area contributed by atoms with Crippen LogP contribution in [-0.2, 0) is 15.8 Å². The van der Waals surface area contributed by atoms with Gasteiger partial charge in [0.2, 0.25) is 0 Å². The Labute approximate surface area is 189 Å². The number of nitrogens with zero attached hydrogens (tertiary/aromatic N) is 1. The molecule has 1 N–H and O–H groups in total. The van der Waals surface area contributed by atoms with Gasteiger partial charge in [-0.2, -0.15) is 13.2 Å². The molecule has 1 aliphatic heterocycles. The Morgan fingerprint density at radius 1 is 0.788 bits per heavy atom. The van der Waals surface area contributed by atoms with Crippen LogP contribution in [0.2, 0.25) is 0 Å². The van der Waals surface area contributed by atoms with E-state index >= 15 is 0 Å². The number of carbonyl (C=O) groups excluding carboxylic acids is 2. The molecule has 0 radical (unpaired) electrons. The Hall–Kier alpha value is -3.87. The molecule has 33 heavy (non-hydrogen) atoms. The van der Waals surface area contributed by atoms with Crippen LogP contribution in [0.1, 0.15) is 27.8 Å². The first-order valence-corrected chi connectivity index (χ1v) is 10.3. The SMILES string of the molecule is Cc1ccc(C2=C(Nc3cccc(C(F)(F)F)c3)C(=O)N(c3ccc(C)cc3C)C2=O)cc1. The van der Waals surface area contributed by atoms with Crippen molar-refractivity contribution in [3.8, 4) is 0 Å². The van der Waals surface area contributed by atoms with Gasteiger partial charge in [0, 0.05) is 5.69 Å². The van der Waals surface area contributed by atoms with Gasteiger partial charge in [-0.15, -0.1) is 0 Å². The van der Waals surface area contributed by atoms with E-state index in [1.807, 2.05) is 32.0 Å². The number of alkyl halides is 3. The van der Waals surface area contributed by atoms with Gasteiger partial charge in [-0.3, -0.25) is 9.59 Å². The Kier molecular flexibility index (Phi) is 5.57. The van der Waals surface area contributed by atoms with Gasteiger partial charge < -0.3 is 5.32 Å². The van der Waals surface area contributed by atoms with Gasteiger partial charge in [-0.25, -0.2) is 4.90 Å². The van der Waals surface area contributed by atoms with Crippen molar-refractivity contribution in [2.75, 3.05) is 10.2 Å². The Morgan fingerprint density at radius 2 is 1.45 bits per heavy atom. The maximum absolute atomic E-state index is 13.5. The van der Waals surface area contributed by atoms with Gasteiger partial charge >= 0.3 is 6.18 Å². The maximum atomic E-state index is 13.5. The molecule has 0 saturated carbocycles. The Morgan fingerprint density at radius 3 is 2.09 bits per heavy atom. The van der Waals surface area contributed by atoms with E-state index in [-0.39, 0.29) is 17.0 Å². The molecule has 7 heteroatoms. The number of carbonyl (C=O) groups is 2. The number of anilines is 2. The van der Waals surface area contributed by atoms with Gasteiger partial charge in [0.15, 0.2) is 0 Å². The van der Waals surface area contributed by atoms with Crippen LogP contribution in [-0.4, -0.2) is 11.8 Å². The number of aryl methyl sites for hydroxylation is 3. The average Bonchev–Trinajstić information content (AvgIpc) is 2.98. The summed E-state index contributed by atoms with van der Waals surface area (Å²) in [5.41, 5.74) is 2.86. The summed E-state index contributed by atoms with van der Waals surface area (Å²) in [6.07, 6.45) is -4.54. The maximum Gasteiger partial charge on any atom is 0.416 e. The second-order valence-corrected chi connectivity index (χ2v) is 8.06. The molecule has 3 aromatic carbocycles. The highest BCUT2D eigenvalue weighted by Crippen LogP contribution is 2.36. The lowest BCUT2D eigenvalue weighted by Crippen LogP contribution is -2.33. The van der Waals surface area contributed by atoms with Crippen LogP contribution in [0.25, 0.3) is 5.57 Å². The second-order valence-electron chi connectivity index (χ2n) is 8.06. The lowest BCUT2D eigenvalue weighted by atomic mass is 10.0. The molecule has 0 aliphatic carbocycles. The Bertz CT molecular complexity index is 1290. The molecule has 0 saturated heterocycles. The van der Waals surface area contributed by atoms with E-state index in [0.717, 1.165) is 33.7 Å². The fraction of sp³-hybridized carbons (Fsp3) is 0.154. The molecule has 0 unspecified atom stereocenters. The largest absolute Gasteiger partial charge is 0.416 e. The van der Waals surface area contributed by atoms with E-state index in [4.69, 9.17) is 0 Å². The molecule has 3 aromatic rings. The van der Waals surface area contributed by atoms with E-state index in [0.29, 0.717) is 11.3 Å². The Balaban J connectivity index is 1.83. The monoisotopic (exact) mass is 450 g/mol. The first-order valence-electron chi connectivity index (χ1n) is 10.3. The molecule has 1 heterocycles. The minimum Gasteiger partial charge on any atom is -0.350 e. The summed E-state index contributed by atoms with van der Waals surface area (Å²) in [7, 11) is 0. The van der Waals surface area contributed by atoms with Crippen LogP contribution in [0.3, 0.4) is 0 Å². The van der Waals surface area contributed by atoms with Crippen molar-refractivity contribution in [3.05, 3.63) is 100 Å². The normalized spacial score (nSPS) is 14.3. The minimum absolute atomic E-state index is 0.0630. The number of rotatable bonds is 4. The molecular formula is C26H21F3N2O2. The number of hydrogen-bond acceptors (Lipinski definition) is 3. The van der Waals surface area contributed by atoms with Crippen LogP contribution in [0.15, 0.2) is 72.4 Å². The number of amides is 2. The molecule has 168 valence electrons. The zero-order valence-electron chi connectivity index (χ0n) is 18.2. The number of hydrogen-bond donors (Lipinski definition) is 1. The predicted molar refractivity (Wildman–Crippen MR) is 122 cm³/mol. The molecular weight excluding hydrogens is 429 g/mol. The van der Waals surface area contributed by atoms with Gasteiger partial charge in [0.1, 0.15) is 5.70 Å². The number of nitrogens with one attached hydrogen (secondary N) is 1. The van der Waals surface area contributed by atoms with E-state index in [2.05, 4.69) is 5.32 Å². The highest BCUT2D eigenvalue weighted by atomic mass is 19.4. The minimum atomic E-state index is -4.54. The zero-order chi connectivity index (χ0) is 23.9. The number of halogens is 3.